The molecule has 0 bridgehead atoms. The van der Waals surface area contributed by atoms with Crippen molar-refractivity contribution in [1.82, 2.24) is 0 Å². The molecular formula is C43H40. The van der Waals surface area contributed by atoms with E-state index in [0.717, 1.165) is 25.7 Å². The van der Waals surface area contributed by atoms with Crippen LogP contribution in [0, 0.1) is 11.8 Å². The van der Waals surface area contributed by atoms with Gasteiger partial charge in [0.2, 0.25) is 0 Å². The van der Waals surface area contributed by atoms with Crippen LogP contribution in [-0.2, 0) is 11.8 Å². The summed E-state index contributed by atoms with van der Waals surface area (Å²) in [6.45, 7) is 4.81. The average molecular weight is 557 g/mol. The molecule has 0 fully saturated rings. The minimum absolute atomic E-state index is 0.0796. The van der Waals surface area contributed by atoms with Gasteiger partial charge in [0.25, 0.3) is 0 Å². The van der Waals surface area contributed by atoms with Gasteiger partial charge in [-0.05, 0) is 105 Å². The highest BCUT2D eigenvalue weighted by atomic mass is 14.4. The van der Waals surface area contributed by atoms with Crippen LogP contribution < -0.4 is 0 Å². The third kappa shape index (κ3) is 4.78. The van der Waals surface area contributed by atoms with Crippen molar-refractivity contribution in [2.45, 2.75) is 57.8 Å². The lowest BCUT2D eigenvalue weighted by Crippen LogP contribution is -2.27. The Morgan fingerprint density at radius 2 is 1.30 bits per heavy atom. The molecule has 0 spiro atoms. The number of benzene rings is 3. The van der Waals surface area contributed by atoms with Gasteiger partial charge in [-0.15, -0.1) is 0 Å². The van der Waals surface area contributed by atoms with Crippen molar-refractivity contribution in [3.05, 3.63) is 171 Å². The lowest BCUT2D eigenvalue weighted by molar-refractivity contribution is 0.571. The van der Waals surface area contributed by atoms with Gasteiger partial charge in [0.15, 0.2) is 0 Å². The van der Waals surface area contributed by atoms with Gasteiger partial charge < -0.3 is 0 Å². The van der Waals surface area contributed by atoms with Crippen molar-refractivity contribution in [2.75, 3.05) is 0 Å². The van der Waals surface area contributed by atoms with Crippen LogP contribution in [-0.4, -0.2) is 0 Å². The molecule has 212 valence electrons. The molecule has 8 rings (SSSR count). The highest BCUT2D eigenvalue weighted by Crippen LogP contribution is 2.47. The first kappa shape index (κ1) is 26.5. The summed E-state index contributed by atoms with van der Waals surface area (Å²) < 4.78 is 0. The summed E-state index contributed by atoms with van der Waals surface area (Å²) >= 11 is 0. The predicted molar refractivity (Wildman–Crippen MR) is 183 cm³/mol. The fourth-order valence-corrected chi connectivity index (χ4v) is 7.97. The lowest BCUT2D eigenvalue weighted by atomic mass is 9.67. The third-order valence-corrected chi connectivity index (χ3v) is 10.7. The van der Waals surface area contributed by atoms with Crippen LogP contribution in [0.1, 0.15) is 62.6 Å². The summed E-state index contributed by atoms with van der Waals surface area (Å²) in [6, 6.07) is 24.7. The van der Waals surface area contributed by atoms with E-state index in [9.17, 15) is 0 Å². The van der Waals surface area contributed by atoms with Crippen LogP contribution >= 0.6 is 0 Å². The number of fused-ring (bicyclic) bond motifs is 3. The predicted octanol–water partition coefficient (Wildman–Crippen LogP) is 11.1. The third-order valence-electron chi connectivity index (χ3n) is 10.7. The molecule has 3 aromatic rings. The van der Waals surface area contributed by atoms with Gasteiger partial charge >= 0.3 is 0 Å². The monoisotopic (exact) mass is 556 g/mol. The van der Waals surface area contributed by atoms with Crippen LogP contribution in [0.5, 0.6) is 0 Å². The van der Waals surface area contributed by atoms with Crippen LogP contribution in [0.4, 0.5) is 0 Å². The van der Waals surface area contributed by atoms with Gasteiger partial charge in [0, 0.05) is 17.3 Å². The van der Waals surface area contributed by atoms with Gasteiger partial charge in [0.1, 0.15) is 0 Å². The molecule has 0 saturated carbocycles. The molecule has 0 nitrogen and oxygen atoms in total. The summed E-state index contributed by atoms with van der Waals surface area (Å²) in [6.07, 6.45) is 29.0. The van der Waals surface area contributed by atoms with Gasteiger partial charge in [-0.2, -0.15) is 0 Å². The second-order valence-corrected chi connectivity index (χ2v) is 13.5. The van der Waals surface area contributed by atoms with Gasteiger partial charge in [-0.1, -0.05) is 135 Å². The minimum Gasteiger partial charge on any atom is -0.0767 e. The Hall–Kier alpha value is -4.16. The van der Waals surface area contributed by atoms with E-state index in [1.54, 1.807) is 27.9 Å². The van der Waals surface area contributed by atoms with Crippen molar-refractivity contribution in [2.24, 2.45) is 11.8 Å². The van der Waals surface area contributed by atoms with Crippen LogP contribution in [0.25, 0.3) is 16.8 Å². The zero-order valence-corrected chi connectivity index (χ0v) is 25.4. The maximum Gasteiger partial charge on any atom is 0.0143 e. The largest absolute Gasteiger partial charge is 0.0767 e. The normalized spacial score (nSPS) is 23.0. The molecule has 0 radical (unpaired) electrons. The van der Waals surface area contributed by atoms with Gasteiger partial charge in [-0.25, -0.2) is 0 Å². The van der Waals surface area contributed by atoms with E-state index in [2.05, 4.69) is 135 Å². The summed E-state index contributed by atoms with van der Waals surface area (Å²) in [5.41, 5.74) is 15.0. The van der Waals surface area contributed by atoms with E-state index in [1.165, 1.54) is 51.5 Å². The molecule has 0 heteroatoms. The number of aryl methyl sites for hydroxylation is 1. The molecule has 0 saturated heterocycles. The fraction of sp³-hybridized carbons (Fsp3) is 0.256. The standard InChI is InChI=1S/C43H40/c1-43(2,39-22-21-30-10-4-6-12-32(30)26-39)40-27-37-13-7-8-14-41(37)42(28-40)38-20-19-35-24-34(17-18-36(35)25-38)33-16-15-29-9-3-5-11-31(29)23-33/h3-14,21-28,37,41H,15-20H2,1-2H3. The van der Waals surface area contributed by atoms with E-state index in [4.69, 9.17) is 0 Å². The van der Waals surface area contributed by atoms with E-state index in [0.29, 0.717) is 11.8 Å². The van der Waals surface area contributed by atoms with Crippen molar-refractivity contribution in [3.63, 3.8) is 0 Å². The molecule has 0 amide bonds. The van der Waals surface area contributed by atoms with Crippen molar-refractivity contribution in [1.29, 1.82) is 0 Å². The fourth-order valence-electron chi connectivity index (χ4n) is 7.97. The molecule has 3 aromatic carbocycles. The molecule has 43 heavy (non-hydrogen) atoms. The van der Waals surface area contributed by atoms with E-state index in [1.807, 2.05) is 0 Å². The van der Waals surface area contributed by atoms with Gasteiger partial charge in [0.05, 0.1) is 0 Å². The quantitative estimate of drug-likeness (QED) is 0.300. The minimum atomic E-state index is -0.0796. The van der Waals surface area contributed by atoms with E-state index < -0.39 is 0 Å². The average Bonchev–Trinajstić information content (AvgIpc) is 3.06. The Kier molecular flexibility index (Phi) is 6.48. The second-order valence-electron chi connectivity index (χ2n) is 13.5. The molecule has 5 aliphatic carbocycles. The molecule has 2 unspecified atom stereocenters. The summed E-state index contributed by atoms with van der Waals surface area (Å²) in [5.74, 6) is 0.840. The first-order valence-corrected chi connectivity index (χ1v) is 16.2. The topological polar surface area (TPSA) is 0 Å². The SMILES string of the molecule is CC(C)(C1=CC2C=CC=CC2C(C2=CC3=C(C=C(C4=Cc5ccccc5CC4)CC3)CC2)=C1)c1ccc2ccccc2c1. The van der Waals surface area contributed by atoms with Crippen molar-refractivity contribution in [3.8, 4) is 0 Å². The Labute approximate surface area is 256 Å². The van der Waals surface area contributed by atoms with Crippen LogP contribution in [0.15, 0.2) is 154 Å². The van der Waals surface area contributed by atoms with Crippen LogP contribution in [0.2, 0.25) is 0 Å². The van der Waals surface area contributed by atoms with Crippen molar-refractivity contribution >= 4 is 16.8 Å². The highest BCUT2D eigenvalue weighted by molar-refractivity contribution is 5.83. The lowest BCUT2D eigenvalue weighted by Gasteiger charge is -2.37. The Bertz CT molecular complexity index is 1890. The molecule has 5 aliphatic rings. The summed E-state index contributed by atoms with van der Waals surface area (Å²) in [7, 11) is 0. The number of hydrogen-bond acceptors (Lipinski definition) is 0. The zero-order chi connectivity index (χ0) is 29.0. The summed E-state index contributed by atoms with van der Waals surface area (Å²) in [4.78, 5) is 0. The zero-order valence-electron chi connectivity index (χ0n) is 25.4. The molecule has 0 aromatic heterocycles. The Morgan fingerprint density at radius 1 is 0.605 bits per heavy atom. The molecule has 2 atom stereocenters. The maximum absolute atomic E-state index is 2.58. The molecular weight excluding hydrogens is 516 g/mol. The Morgan fingerprint density at radius 3 is 2.19 bits per heavy atom. The number of allylic oxidation sites excluding steroid dienone is 15. The maximum atomic E-state index is 2.58. The van der Waals surface area contributed by atoms with E-state index in [-0.39, 0.29) is 5.41 Å². The number of rotatable bonds is 4. The molecule has 0 heterocycles. The Balaban J connectivity index is 1.13. The first-order valence-electron chi connectivity index (χ1n) is 16.2. The van der Waals surface area contributed by atoms with Gasteiger partial charge in [-0.3, -0.25) is 0 Å². The summed E-state index contributed by atoms with van der Waals surface area (Å²) in [5, 5.41) is 2.63. The van der Waals surface area contributed by atoms with E-state index >= 15 is 0 Å². The van der Waals surface area contributed by atoms with Crippen LogP contribution in [0.3, 0.4) is 0 Å². The number of hydrogen-bond donors (Lipinski definition) is 0. The first-order chi connectivity index (χ1) is 21.0. The smallest absolute Gasteiger partial charge is 0.0143 e. The second kappa shape index (κ2) is 10.5. The molecule has 0 aliphatic heterocycles. The van der Waals surface area contributed by atoms with Crippen molar-refractivity contribution < 1.29 is 0 Å². The molecule has 0 N–H and O–H groups in total. The highest BCUT2D eigenvalue weighted by Gasteiger charge is 2.34.